The summed E-state index contributed by atoms with van der Waals surface area (Å²) >= 11 is 8.10. The number of rotatable bonds is 7. The Morgan fingerprint density at radius 2 is 1.93 bits per heavy atom. The predicted octanol–water partition coefficient (Wildman–Crippen LogP) is 5.29. The SMILES string of the molecule is CSc1cccc(NC(=O)C2C3C=CC4(O3)C2C(=O)N(Cc2ccccc2Cl)C4C(=O)NC2CCCC(C)C2C)c1. The molecule has 1 saturated carbocycles. The van der Waals surface area contributed by atoms with Crippen LogP contribution in [0.2, 0.25) is 5.02 Å². The summed E-state index contributed by atoms with van der Waals surface area (Å²) in [5, 5.41) is 6.83. The van der Waals surface area contributed by atoms with Gasteiger partial charge in [-0.1, -0.05) is 74.7 Å². The molecule has 3 fully saturated rings. The molecular weight excluding hydrogens is 558 g/mol. The maximum absolute atomic E-state index is 14.3. The minimum atomic E-state index is -1.22. The van der Waals surface area contributed by atoms with E-state index in [-0.39, 0.29) is 30.3 Å². The highest BCUT2D eigenvalue weighted by atomic mass is 35.5. The third-order valence-corrected chi connectivity index (χ3v) is 10.7. The second-order valence-corrected chi connectivity index (χ2v) is 13.1. The average Bonchev–Trinajstić information content (AvgIpc) is 3.60. The normalized spacial score (nSPS) is 33.6. The lowest BCUT2D eigenvalue weighted by Crippen LogP contribution is -2.57. The molecule has 4 aliphatic rings. The lowest BCUT2D eigenvalue weighted by molar-refractivity contribution is -0.142. The van der Waals surface area contributed by atoms with Crippen LogP contribution in [-0.2, 0) is 25.7 Å². The minimum Gasteiger partial charge on any atom is -0.359 e. The number of halogens is 1. The summed E-state index contributed by atoms with van der Waals surface area (Å²) in [4.78, 5) is 44.9. The molecule has 2 saturated heterocycles. The summed E-state index contributed by atoms with van der Waals surface area (Å²) in [6.07, 6.45) is 8.18. The lowest BCUT2D eigenvalue weighted by atomic mass is 9.73. The fourth-order valence-electron chi connectivity index (χ4n) is 7.22. The first-order valence-corrected chi connectivity index (χ1v) is 16.0. The van der Waals surface area contributed by atoms with Crippen LogP contribution in [0.15, 0.2) is 65.6 Å². The molecule has 216 valence electrons. The van der Waals surface area contributed by atoms with Gasteiger partial charge in [0.05, 0.1) is 17.9 Å². The van der Waals surface area contributed by atoms with Crippen LogP contribution >= 0.6 is 23.4 Å². The number of carbonyl (C=O) groups excluding carboxylic acids is 3. The number of anilines is 1. The van der Waals surface area contributed by atoms with Crippen LogP contribution in [0.5, 0.6) is 0 Å². The van der Waals surface area contributed by atoms with E-state index in [1.165, 1.54) is 0 Å². The van der Waals surface area contributed by atoms with Gasteiger partial charge in [-0.05, 0) is 54.3 Å². The Labute approximate surface area is 250 Å². The van der Waals surface area contributed by atoms with Gasteiger partial charge in [0.2, 0.25) is 17.7 Å². The molecule has 0 radical (unpaired) electrons. The highest BCUT2D eigenvalue weighted by Gasteiger charge is 2.72. The summed E-state index contributed by atoms with van der Waals surface area (Å²) in [5.41, 5.74) is 0.181. The van der Waals surface area contributed by atoms with E-state index in [9.17, 15) is 14.4 Å². The summed E-state index contributed by atoms with van der Waals surface area (Å²) in [6, 6.07) is 14.0. The van der Waals surface area contributed by atoms with Gasteiger partial charge >= 0.3 is 0 Å². The van der Waals surface area contributed by atoms with Crippen molar-refractivity contribution in [2.24, 2.45) is 23.7 Å². The Kier molecular flexibility index (Phi) is 7.68. The number of nitrogens with one attached hydrogen (secondary N) is 2. The number of carbonyl (C=O) groups is 3. The second kappa shape index (κ2) is 11.1. The topological polar surface area (TPSA) is 87.7 Å². The van der Waals surface area contributed by atoms with Crippen molar-refractivity contribution in [3.8, 4) is 0 Å². The monoisotopic (exact) mass is 593 g/mol. The Balaban J connectivity index is 1.33. The number of likely N-dealkylation sites (tertiary alicyclic amines) is 1. The predicted molar refractivity (Wildman–Crippen MR) is 160 cm³/mol. The molecule has 41 heavy (non-hydrogen) atoms. The molecule has 8 unspecified atom stereocenters. The van der Waals surface area contributed by atoms with Crippen molar-refractivity contribution in [2.75, 3.05) is 11.6 Å². The smallest absolute Gasteiger partial charge is 0.246 e. The molecule has 1 aliphatic carbocycles. The van der Waals surface area contributed by atoms with Gasteiger partial charge in [0.25, 0.3) is 0 Å². The van der Waals surface area contributed by atoms with Crippen molar-refractivity contribution in [2.45, 2.75) is 68.3 Å². The third kappa shape index (κ3) is 4.88. The largest absolute Gasteiger partial charge is 0.359 e. The van der Waals surface area contributed by atoms with E-state index in [1.54, 1.807) is 22.7 Å². The fourth-order valence-corrected chi connectivity index (χ4v) is 7.88. The first-order chi connectivity index (χ1) is 19.7. The maximum Gasteiger partial charge on any atom is 0.246 e. The van der Waals surface area contributed by atoms with E-state index in [0.29, 0.717) is 22.5 Å². The second-order valence-electron chi connectivity index (χ2n) is 11.9. The van der Waals surface area contributed by atoms with Gasteiger partial charge < -0.3 is 20.3 Å². The number of benzene rings is 2. The molecule has 3 aliphatic heterocycles. The highest BCUT2D eigenvalue weighted by Crippen LogP contribution is 2.55. The lowest BCUT2D eigenvalue weighted by Gasteiger charge is -2.38. The van der Waals surface area contributed by atoms with Crippen LogP contribution in [0, 0.1) is 23.7 Å². The van der Waals surface area contributed by atoms with Crippen molar-refractivity contribution in [1.29, 1.82) is 0 Å². The molecule has 6 rings (SSSR count). The molecule has 9 heteroatoms. The van der Waals surface area contributed by atoms with Gasteiger partial charge in [-0.2, -0.15) is 0 Å². The third-order valence-electron chi connectivity index (χ3n) is 9.60. The minimum absolute atomic E-state index is 0.0179. The van der Waals surface area contributed by atoms with Crippen LogP contribution in [0.1, 0.15) is 38.7 Å². The zero-order valence-corrected chi connectivity index (χ0v) is 25.1. The molecule has 3 amide bonds. The number of amides is 3. The molecular formula is C32H36ClN3O4S. The Bertz CT molecular complexity index is 1400. The van der Waals surface area contributed by atoms with Crippen LogP contribution in [-0.4, -0.2) is 52.7 Å². The summed E-state index contributed by atoms with van der Waals surface area (Å²) in [6.45, 7) is 4.56. The summed E-state index contributed by atoms with van der Waals surface area (Å²) in [5.74, 6) is -1.54. The van der Waals surface area contributed by atoms with Gasteiger partial charge in [0, 0.05) is 28.2 Å². The van der Waals surface area contributed by atoms with Crippen molar-refractivity contribution in [1.82, 2.24) is 10.2 Å². The molecule has 2 bridgehead atoms. The Morgan fingerprint density at radius 3 is 2.71 bits per heavy atom. The first-order valence-electron chi connectivity index (χ1n) is 14.4. The highest BCUT2D eigenvalue weighted by molar-refractivity contribution is 7.98. The number of thioether (sulfide) groups is 1. The van der Waals surface area contributed by atoms with E-state index in [0.717, 1.165) is 29.7 Å². The maximum atomic E-state index is 14.3. The molecule has 8 atom stereocenters. The average molecular weight is 594 g/mol. The molecule has 0 aromatic heterocycles. The molecule has 2 aromatic carbocycles. The molecule has 3 heterocycles. The van der Waals surface area contributed by atoms with Crippen LogP contribution in [0.3, 0.4) is 0 Å². The van der Waals surface area contributed by atoms with Crippen molar-refractivity contribution in [3.05, 3.63) is 71.3 Å². The number of ether oxygens (including phenoxy) is 1. The van der Waals surface area contributed by atoms with E-state index < -0.39 is 29.6 Å². The molecule has 2 aromatic rings. The van der Waals surface area contributed by atoms with Gasteiger partial charge in [-0.15, -0.1) is 11.8 Å². The van der Waals surface area contributed by atoms with Crippen molar-refractivity contribution < 1.29 is 19.1 Å². The van der Waals surface area contributed by atoms with Crippen molar-refractivity contribution >= 4 is 46.8 Å². The number of hydrogen-bond donors (Lipinski definition) is 2. The van der Waals surface area contributed by atoms with Crippen LogP contribution < -0.4 is 10.6 Å². The van der Waals surface area contributed by atoms with E-state index >= 15 is 0 Å². The zero-order chi connectivity index (χ0) is 28.9. The standard InChI is InChI=1S/C32H36ClN3O4S/c1-18-8-6-13-24(19(18)2)35-30(38)28-32-15-14-25(40-32)26(29(37)34-21-10-7-11-22(16-21)41-3)27(32)31(39)36(28)17-20-9-4-5-12-23(20)33/h4-5,7,9-12,14-16,18-19,24-28H,6,8,13,17H2,1-3H3,(H,34,37)(H,35,38). The quantitative estimate of drug-likeness (QED) is 0.336. The zero-order valence-electron chi connectivity index (χ0n) is 23.5. The first kappa shape index (κ1) is 28.3. The van der Waals surface area contributed by atoms with Crippen LogP contribution in [0.25, 0.3) is 0 Å². The molecule has 1 spiro atoms. The number of fused-ring (bicyclic) bond motifs is 1. The Morgan fingerprint density at radius 1 is 1.12 bits per heavy atom. The Hall–Kier alpha value is -2.81. The summed E-state index contributed by atoms with van der Waals surface area (Å²) in [7, 11) is 0. The van der Waals surface area contributed by atoms with Gasteiger partial charge in [0.1, 0.15) is 11.6 Å². The van der Waals surface area contributed by atoms with Crippen LogP contribution in [0.4, 0.5) is 5.69 Å². The van der Waals surface area contributed by atoms with E-state index in [1.807, 2.05) is 60.9 Å². The fraction of sp³-hybridized carbons (Fsp3) is 0.469. The number of hydrogen-bond acceptors (Lipinski definition) is 5. The summed E-state index contributed by atoms with van der Waals surface area (Å²) < 4.78 is 6.51. The van der Waals surface area contributed by atoms with E-state index in [2.05, 4.69) is 24.5 Å². The van der Waals surface area contributed by atoms with Gasteiger partial charge in [0.15, 0.2) is 0 Å². The van der Waals surface area contributed by atoms with Gasteiger partial charge in [-0.3, -0.25) is 14.4 Å². The van der Waals surface area contributed by atoms with Gasteiger partial charge in [-0.25, -0.2) is 0 Å². The number of nitrogens with zero attached hydrogens (tertiary/aromatic N) is 1. The molecule has 2 N–H and O–H groups in total. The van der Waals surface area contributed by atoms with Crippen molar-refractivity contribution in [3.63, 3.8) is 0 Å². The van der Waals surface area contributed by atoms with E-state index in [4.69, 9.17) is 16.3 Å². The molecule has 7 nitrogen and oxygen atoms in total.